The number of ether oxygens (including phenoxy) is 1. The van der Waals surface area contributed by atoms with Crippen LogP contribution in [0.2, 0.25) is 0 Å². The summed E-state index contributed by atoms with van der Waals surface area (Å²) in [4.78, 5) is 22.2. The number of hydrogen-bond acceptors (Lipinski definition) is 3. The lowest BCUT2D eigenvalue weighted by Gasteiger charge is -2.11. The molecule has 4 heteroatoms. The van der Waals surface area contributed by atoms with Gasteiger partial charge in [0.1, 0.15) is 6.10 Å². The Kier molecular flexibility index (Phi) is 2.48. The molecule has 1 atom stereocenters. The van der Waals surface area contributed by atoms with Crippen LogP contribution >= 0.6 is 0 Å². The molecular formula is C12H10O4. The van der Waals surface area contributed by atoms with Crippen molar-refractivity contribution in [2.45, 2.75) is 13.0 Å². The minimum atomic E-state index is -1.02. The highest BCUT2D eigenvalue weighted by Gasteiger charge is 2.26. The molecule has 2 rings (SSSR count). The molecule has 1 aliphatic rings. The molecule has 0 unspecified atom stereocenters. The van der Waals surface area contributed by atoms with E-state index in [9.17, 15) is 9.59 Å². The maximum atomic E-state index is 11.2. The predicted octanol–water partition coefficient (Wildman–Crippen LogP) is 1.93. The van der Waals surface area contributed by atoms with Gasteiger partial charge in [-0.2, -0.15) is 0 Å². The van der Waals surface area contributed by atoms with Crippen LogP contribution in [0.4, 0.5) is 0 Å². The van der Waals surface area contributed by atoms with Gasteiger partial charge in [-0.05, 0) is 19.1 Å². The van der Waals surface area contributed by atoms with Gasteiger partial charge >= 0.3 is 11.9 Å². The fourth-order valence-corrected chi connectivity index (χ4v) is 1.63. The average molecular weight is 218 g/mol. The fourth-order valence-electron chi connectivity index (χ4n) is 1.63. The van der Waals surface area contributed by atoms with E-state index in [1.54, 1.807) is 31.2 Å². The zero-order valence-electron chi connectivity index (χ0n) is 8.64. The molecule has 0 spiro atoms. The minimum absolute atomic E-state index is 0.159. The number of aromatic carboxylic acids is 1. The third-order valence-electron chi connectivity index (χ3n) is 2.46. The fraction of sp³-hybridized carbons (Fsp3) is 0.167. The molecule has 1 heterocycles. The standard InChI is InChI=1S/C12H10O4/c1-7-6-10(16-12(7)15)8-4-2-3-5-9(8)11(13)14/h2-6,10H,1H3,(H,13,14)/t10-/m0/s1. The van der Waals surface area contributed by atoms with E-state index in [0.29, 0.717) is 11.1 Å². The van der Waals surface area contributed by atoms with E-state index in [1.807, 2.05) is 0 Å². The highest BCUT2D eigenvalue weighted by molar-refractivity contribution is 5.92. The van der Waals surface area contributed by atoms with Gasteiger partial charge in [-0.3, -0.25) is 0 Å². The second-order valence-electron chi connectivity index (χ2n) is 3.57. The first kappa shape index (κ1) is 10.4. The van der Waals surface area contributed by atoms with Gasteiger partial charge in [-0.1, -0.05) is 18.2 Å². The highest BCUT2D eigenvalue weighted by Crippen LogP contribution is 2.29. The summed E-state index contributed by atoms with van der Waals surface area (Å²) in [6, 6.07) is 6.50. The lowest BCUT2D eigenvalue weighted by Crippen LogP contribution is -2.07. The molecule has 0 radical (unpaired) electrons. The SMILES string of the molecule is CC1=C[C@@H](c2ccccc2C(=O)O)OC1=O. The number of carbonyl (C=O) groups excluding carboxylic acids is 1. The Morgan fingerprint density at radius 3 is 2.62 bits per heavy atom. The van der Waals surface area contributed by atoms with Crippen molar-refractivity contribution < 1.29 is 19.4 Å². The molecule has 0 aliphatic carbocycles. The van der Waals surface area contributed by atoms with E-state index in [2.05, 4.69) is 0 Å². The monoisotopic (exact) mass is 218 g/mol. The van der Waals surface area contributed by atoms with Crippen LogP contribution in [0.1, 0.15) is 28.9 Å². The zero-order chi connectivity index (χ0) is 11.7. The van der Waals surface area contributed by atoms with Crippen molar-refractivity contribution in [3.8, 4) is 0 Å². The maximum Gasteiger partial charge on any atom is 0.336 e. The van der Waals surface area contributed by atoms with E-state index >= 15 is 0 Å². The summed E-state index contributed by atoms with van der Waals surface area (Å²) in [6.45, 7) is 1.64. The number of cyclic esters (lactones) is 1. The summed E-state index contributed by atoms with van der Waals surface area (Å²) in [6.07, 6.45) is 1.05. The van der Waals surface area contributed by atoms with Crippen LogP contribution in [0.25, 0.3) is 0 Å². The van der Waals surface area contributed by atoms with Gasteiger partial charge in [0.2, 0.25) is 0 Å². The van der Waals surface area contributed by atoms with Gasteiger partial charge in [0.05, 0.1) is 5.56 Å². The van der Waals surface area contributed by atoms with Crippen molar-refractivity contribution in [2.24, 2.45) is 0 Å². The molecule has 0 bridgehead atoms. The van der Waals surface area contributed by atoms with Crippen LogP contribution in [-0.2, 0) is 9.53 Å². The normalized spacial score (nSPS) is 19.2. The van der Waals surface area contributed by atoms with Gasteiger partial charge in [-0.15, -0.1) is 0 Å². The third kappa shape index (κ3) is 1.69. The van der Waals surface area contributed by atoms with Crippen molar-refractivity contribution in [2.75, 3.05) is 0 Å². The van der Waals surface area contributed by atoms with E-state index in [0.717, 1.165) is 0 Å². The van der Waals surface area contributed by atoms with Crippen LogP contribution in [0.3, 0.4) is 0 Å². The first-order chi connectivity index (χ1) is 7.59. The van der Waals surface area contributed by atoms with Crippen molar-refractivity contribution in [1.82, 2.24) is 0 Å². The quantitative estimate of drug-likeness (QED) is 0.770. The van der Waals surface area contributed by atoms with Crippen molar-refractivity contribution in [3.05, 3.63) is 47.0 Å². The Balaban J connectivity index is 2.42. The van der Waals surface area contributed by atoms with Gasteiger partial charge in [0, 0.05) is 11.1 Å². The van der Waals surface area contributed by atoms with Crippen molar-refractivity contribution in [1.29, 1.82) is 0 Å². The Bertz CT molecular complexity index is 488. The average Bonchev–Trinajstić information content (AvgIpc) is 2.59. The summed E-state index contributed by atoms with van der Waals surface area (Å²) in [5, 5.41) is 9.00. The van der Waals surface area contributed by atoms with E-state index in [-0.39, 0.29) is 5.56 Å². The molecule has 1 aliphatic heterocycles. The van der Waals surface area contributed by atoms with Crippen LogP contribution in [0, 0.1) is 0 Å². The number of carbonyl (C=O) groups is 2. The number of carboxylic acid groups (broad SMARTS) is 1. The lowest BCUT2D eigenvalue weighted by molar-refractivity contribution is -0.139. The molecule has 1 N–H and O–H groups in total. The van der Waals surface area contributed by atoms with Crippen molar-refractivity contribution in [3.63, 3.8) is 0 Å². The summed E-state index contributed by atoms with van der Waals surface area (Å²) < 4.78 is 5.06. The van der Waals surface area contributed by atoms with Gasteiger partial charge in [-0.25, -0.2) is 9.59 Å². The van der Waals surface area contributed by atoms with Crippen LogP contribution in [0.5, 0.6) is 0 Å². The molecule has 82 valence electrons. The van der Waals surface area contributed by atoms with Crippen LogP contribution < -0.4 is 0 Å². The minimum Gasteiger partial charge on any atom is -0.478 e. The number of esters is 1. The molecule has 1 aromatic carbocycles. The molecule has 0 aromatic heterocycles. The molecule has 16 heavy (non-hydrogen) atoms. The largest absolute Gasteiger partial charge is 0.478 e. The molecule has 0 fully saturated rings. The smallest absolute Gasteiger partial charge is 0.336 e. The molecule has 0 saturated heterocycles. The summed E-state index contributed by atoms with van der Waals surface area (Å²) in [5.74, 6) is -1.42. The zero-order valence-corrected chi connectivity index (χ0v) is 8.64. The molecule has 0 saturated carbocycles. The van der Waals surface area contributed by atoms with Gasteiger partial charge < -0.3 is 9.84 Å². The Morgan fingerprint density at radius 2 is 2.06 bits per heavy atom. The predicted molar refractivity (Wildman–Crippen MR) is 56.0 cm³/mol. The molecule has 1 aromatic rings. The van der Waals surface area contributed by atoms with Gasteiger partial charge in [0.15, 0.2) is 0 Å². The first-order valence-corrected chi connectivity index (χ1v) is 4.81. The Hall–Kier alpha value is -2.10. The third-order valence-corrected chi connectivity index (χ3v) is 2.46. The number of hydrogen-bond donors (Lipinski definition) is 1. The second kappa shape index (κ2) is 3.81. The summed E-state index contributed by atoms with van der Waals surface area (Å²) >= 11 is 0. The number of carboxylic acids is 1. The first-order valence-electron chi connectivity index (χ1n) is 4.81. The van der Waals surface area contributed by atoms with E-state index in [1.165, 1.54) is 6.07 Å². The summed E-state index contributed by atoms with van der Waals surface area (Å²) in [5.41, 5.74) is 1.16. The Morgan fingerprint density at radius 1 is 1.38 bits per heavy atom. The van der Waals surface area contributed by atoms with Crippen molar-refractivity contribution >= 4 is 11.9 Å². The van der Waals surface area contributed by atoms with E-state index < -0.39 is 18.0 Å². The van der Waals surface area contributed by atoms with Crippen LogP contribution in [0.15, 0.2) is 35.9 Å². The topological polar surface area (TPSA) is 63.6 Å². The lowest BCUT2D eigenvalue weighted by atomic mass is 10.0. The van der Waals surface area contributed by atoms with Crippen LogP contribution in [-0.4, -0.2) is 17.0 Å². The highest BCUT2D eigenvalue weighted by atomic mass is 16.5. The van der Waals surface area contributed by atoms with Gasteiger partial charge in [0.25, 0.3) is 0 Å². The molecular weight excluding hydrogens is 208 g/mol. The Labute approximate surface area is 92.2 Å². The number of benzene rings is 1. The number of rotatable bonds is 2. The van der Waals surface area contributed by atoms with E-state index in [4.69, 9.17) is 9.84 Å². The molecule has 4 nitrogen and oxygen atoms in total. The maximum absolute atomic E-state index is 11.2. The molecule has 0 amide bonds. The second-order valence-corrected chi connectivity index (χ2v) is 3.57. The summed E-state index contributed by atoms with van der Waals surface area (Å²) in [7, 11) is 0.